The first-order chi connectivity index (χ1) is 8.63. The molecule has 0 radical (unpaired) electrons. The Morgan fingerprint density at radius 2 is 2.28 bits per heavy atom. The molecule has 6 nitrogen and oxygen atoms in total. The smallest absolute Gasteiger partial charge is 0.147 e. The minimum Gasteiger partial charge on any atom is -0.382 e. The van der Waals surface area contributed by atoms with Gasteiger partial charge in [-0.3, -0.25) is 0 Å². The molecule has 18 heavy (non-hydrogen) atoms. The Morgan fingerprint density at radius 1 is 1.50 bits per heavy atom. The highest BCUT2D eigenvalue weighted by molar-refractivity contribution is 6.35. The van der Waals surface area contributed by atoms with E-state index in [2.05, 4.69) is 15.1 Å². The Labute approximate surface area is 110 Å². The number of ether oxygens (including phenoxy) is 1. The molecule has 2 aromatic rings. The standard InChI is InChI=1S/C11H14ClN5O/c1-3-18-7(2)17-5-8(4-16-17)10-9(12)11(13)15-6-14-10/h4-7H,3H2,1-2H3,(H2,13,14,15). The van der Waals surface area contributed by atoms with Gasteiger partial charge in [-0.2, -0.15) is 5.10 Å². The van der Waals surface area contributed by atoms with Gasteiger partial charge in [0.05, 0.1) is 11.9 Å². The number of rotatable bonds is 4. The molecule has 2 aromatic heterocycles. The minimum absolute atomic E-state index is 0.137. The fourth-order valence-electron chi connectivity index (χ4n) is 1.56. The summed E-state index contributed by atoms with van der Waals surface area (Å²) in [5.41, 5.74) is 6.98. The highest BCUT2D eigenvalue weighted by atomic mass is 35.5. The summed E-state index contributed by atoms with van der Waals surface area (Å²) in [5, 5.41) is 4.55. The van der Waals surface area contributed by atoms with Gasteiger partial charge in [-0.25, -0.2) is 14.6 Å². The van der Waals surface area contributed by atoms with E-state index >= 15 is 0 Å². The van der Waals surface area contributed by atoms with E-state index in [0.29, 0.717) is 17.3 Å². The lowest BCUT2D eigenvalue weighted by molar-refractivity contribution is 0.0160. The zero-order chi connectivity index (χ0) is 13.1. The predicted molar refractivity (Wildman–Crippen MR) is 69.0 cm³/mol. The maximum atomic E-state index is 6.06. The summed E-state index contributed by atoms with van der Waals surface area (Å²) in [6.07, 6.45) is 4.72. The summed E-state index contributed by atoms with van der Waals surface area (Å²) in [5.74, 6) is 0.257. The molecular weight excluding hydrogens is 254 g/mol. The van der Waals surface area contributed by atoms with Gasteiger partial charge >= 0.3 is 0 Å². The normalized spacial score (nSPS) is 12.6. The van der Waals surface area contributed by atoms with Crippen molar-refractivity contribution in [1.29, 1.82) is 0 Å². The molecule has 0 saturated carbocycles. The van der Waals surface area contributed by atoms with Gasteiger partial charge in [-0.1, -0.05) is 11.6 Å². The highest BCUT2D eigenvalue weighted by Crippen LogP contribution is 2.28. The van der Waals surface area contributed by atoms with E-state index in [4.69, 9.17) is 22.1 Å². The molecule has 0 spiro atoms. The maximum absolute atomic E-state index is 6.06. The van der Waals surface area contributed by atoms with E-state index in [1.807, 2.05) is 20.0 Å². The van der Waals surface area contributed by atoms with Gasteiger partial charge in [-0.05, 0) is 13.8 Å². The van der Waals surface area contributed by atoms with Crippen LogP contribution < -0.4 is 5.73 Å². The Hall–Kier alpha value is -1.66. The van der Waals surface area contributed by atoms with Crippen molar-refractivity contribution in [2.45, 2.75) is 20.1 Å². The van der Waals surface area contributed by atoms with Crippen molar-refractivity contribution < 1.29 is 4.74 Å². The van der Waals surface area contributed by atoms with Crippen molar-refractivity contribution in [1.82, 2.24) is 19.7 Å². The van der Waals surface area contributed by atoms with Gasteiger partial charge in [0.2, 0.25) is 0 Å². The van der Waals surface area contributed by atoms with Gasteiger partial charge in [0, 0.05) is 18.4 Å². The van der Waals surface area contributed by atoms with Crippen LogP contribution in [0.5, 0.6) is 0 Å². The molecule has 0 aliphatic rings. The minimum atomic E-state index is -0.137. The second kappa shape index (κ2) is 5.32. The van der Waals surface area contributed by atoms with E-state index in [9.17, 15) is 0 Å². The molecule has 0 bridgehead atoms. The fourth-order valence-corrected chi connectivity index (χ4v) is 1.77. The van der Waals surface area contributed by atoms with Crippen LogP contribution in [0.1, 0.15) is 20.1 Å². The molecule has 1 atom stereocenters. The summed E-state index contributed by atoms with van der Waals surface area (Å²) < 4.78 is 7.14. The van der Waals surface area contributed by atoms with Crippen LogP contribution in [0.3, 0.4) is 0 Å². The first kappa shape index (κ1) is 12.8. The van der Waals surface area contributed by atoms with Gasteiger partial charge in [0.15, 0.2) is 0 Å². The van der Waals surface area contributed by atoms with E-state index in [1.165, 1.54) is 6.33 Å². The SMILES string of the molecule is CCOC(C)n1cc(-c2ncnc(N)c2Cl)cn1. The van der Waals surface area contributed by atoms with Crippen LogP contribution in [0.15, 0.2) is 18.7 Å². The van der Waals surface area contributed by atoms with Gasteiger partial charge < -0.3 is 10.5 Å². The van der Waals surface area contributed by atoms with Gasteiger partial charge in [0.25, 0.3) is 0 Å². The fraction of sp³-hybridized carbons (Fsp3) is 0.364. The van der Waals surface area contributed by atoms with E-state index in [-0.39, 0.29) is 12.0 Å². The van der Waals surface area contributed by atoms with Crippen LogP contribution in [0.4, 0.5) is 5.82 Å². The highest BCUT2D eigenvalue weighted by Gasteiger charge is 2.13. The number of hydrogen-bond acceptors (Lipinski definition) is 5. The topological polar surface area (TPSA) is 78.8 Å². The average molecular weight is 268 g/mol. The van der Waals surface area contributed by atoms with E-state index in [0.717, 1.165) is 5.56 Å². The lowest BCUT2D eigenvalue weighted by atomic mass is 10.2. The summed E-state index contributed by atoms with van der Waals surface area (Å²) in [6.45, 7) is 4.47. The zero-order valence-corrected chi connectivity index (χ0v) is 10.9. The van der Waals surface area contributed by atoms with E-state index in [1.54, 1.807) is 10.9 Å². The number of nitrogens with zero attached hydrogens (tertiary/aromatic N) is 4. The number of anilines is 1. The monoisotopic (exact) mass is 267 g/mol. The molecule has 0 amide bonds. The zero-order valence-electron chi connectivity index (χ0n) is 10.2. The van der Waals surface area contributed by atoms with Crippen molar-refractivity contribution >= 4 is 17.4 Å². The lowest BCUT2D eigenvalue weighted by Crippen LogP contribution is -2.09. The van der Waals surface area contributed by atoms with Crippen LogP contribution in [0.2, 0.25) is 5.02 Å². The van der Waals surface area contributed by atoms with Crippen molar-refractivity contribution in [3.8, 4) is 11.3 Å². The first-order valence-corrected chi connectivity index (χ1v) is 5.93. The Kier molecular flexibility index (Phi) is 3.78. The summed E-state index contributed by atoms with van der Waals surface area (Å²) in [6, 6.07) is 0. The number of hydrogen-bond donors (Lipinski definition) is 1. The Balaban J connectivity index is 2.32. The largest absolute Gasteiger partial charge is 0.382 e. The average Bonchev–Trinajstić information content (AvgIpc) is 2.82. The molecule has 0 fully saturated rings. The molecular formula is C11H14ClN5O. The van der Waals surface area contributed by atoms with Gasteiger partial charge in [-0.15, -0.1) is 0 Å². The van der Waals surface area contributed by atoms with Crippen LogP contribution in [-0.4, -0.2) is 26.4 Å². The third kappa shape index (κ3) is 2.44. The number of nitrogens with two attached hydrogens (primary N) is 1. The second-order valence-electron chi connectivity index (χ2n) is 3.69. The third-order valence-electron chi connectivity index (χ3n) is 2.47. The summed E-state index contributed by atoms with van der Waals surface area (Å²) in [7, 11) is 0. The molecule has 7 heteroatoms. The van der Waals surface area contributed by atoms with Crippen LogP contribution in [0.25, 0.3) is 11.3 Å². The molecule has 0 saturated heterocycles. The Morgan fingerprint density at radius 3 is 3.00 bits per heavy atom. The van der Waals surface area contributed by atoms with Crippen LogP contribution >= 0.6 is 11.6 Å². The third-order valence-corrected chi connectivity index (χ3v) is 2.84. The summed E-state index contributed by atoms with van der Waals surface area (Å²) >= 11 is 6.06. The molecule has 1 unspecified atom stereocenters. The van der Waals surface area contributed by atoms with E-state index < -0.39 is 0 Å². The van der Waals surface area contributed by atoms with Crippen molar-refractivity contribution in [2.24, 2.45) is 0 Å². The summed E-state index contributed by atoms with van der Waals surface area (Å²) in [4.78, 5) is 7.93. The van der Waals surface area contributed by atoms with Crippen molar-refractivity contribution in [3.63, 3.8) is 0 Å². The van der Waals surface area contributed by atoms with Crippen molar-refractivity contribution in [3.05, 3.63) is 23.7 Å². The molecule has 96 valence electrons. The first-order valence-electron chi connectivity index (χ1n) is 5.55. The van der Waals surface area contributed by atoms with Gasteiger partial charge in [0.1, 0.15) is 23.4 Å². The molecule has 0 aliphatic heterocycles. The number of nitrogen functional groups attached to an aromatic ring is 1. The number of halogens is 1. The molecule has 2 heterocycles. The molecule has 2 rings (SSSR count). The second-order valence-corrected chi connectivity index (χ2v) is 4.06. The number of aromatic nitrogens is 4. The molecule has 0 aliphatic carbocycles. The quantitative estimate of drug-likeness (QED) is 0.918. The maximum Gasteiger partial charge on any atom is 0.147 e. The molecule has 2 N–H and O–H groups in total. The van der Waals surface area contributed by atoms with Crippen LogP contribution in [0, 0.1) is 0 Å². The van der Waals surface area contributed by atoms with Crippen molar-refractivity contribution in [2.75, 3.05) is 12.3 Å². The van der Waals surface area contributed by atoms with Crippen LogP contribution in [-0.2, 0) is 4.74 Å². The lowest BCUT2D eigenvalue weighted by Gasteiger charge is -2.11. The molecule has 0 aromatic carbocycles. The Bertz CT molecular complexity index is 542. The predicted octanol–water partition coefficient (Wildman–Crippen LogP) is 2.13.